The summed E-state index contributed by atoms with van der Waals surface area (Å²) in [6.07, 6.45) is 2.08. The Morgan fingerprint density at radius 2 is 1.96 bits per heavy atom. The van der Waals surface area contributed by atoms with E-state index in [-0.39, 0.29) is 11.8 Å². The molecule has 0 fully saturated rings. The fourth-order valence-corrected chi connectivity index (χ4v) is 3.47. The molecule has 0 atom stereocenters. The molecule has 2 aromatic carbocycles. The van der Waals surface area contributed by atoms with Gasteiger partial charge in [0.15, 0.2) is 0 Å². The van der Waals surface area contributed by atoms with Crippen LogP contribution >= 0.6 is 23.2 Å². The maximum absolute atomic E-state index is 12.4. The van der Waals surface area contributed by atoms with Crippen molar-refractivity contribution in [2.45, 2.75) is 26.2 Å². The summed E-state index contributed by atoms with van der Waals surface area (Å²) >= 11 is 12.0. The van der Waals surface area contributed by atoms with E-state index in [0.29, 0.717) is 40.7 Å². The highest BCUT2D eigenvalue weighted by atomic mass is 35.5. The van der Waals surface area contributed by atoms with E-state index < -0.39 is 0 Å². The molecule has 4 nitrogen and oxygen atoms in total. The third-order valence-electron chi connectivity index (χ3n) is 4.16. The molecule has 25 heavy (non-hydrogen) atoms. The molecular weight excluding hydrogens is 359 g/mol. The number of fused-ring (bicyclic) bond motifs is 1. The zero-order valence-corrected chi connectivity index (χ0v) is 15.3. The van der Waals surface area contributed by atoms with Gasteiger partial charge in [0.25, 0.3) is 5.91 Å². The van der Waals surface area contributed by atoms with Gasteiger partial charge in [-0.3, -0.25) is 9.59 Å². The Morgan fingerprint density at radius 3 is 2.68 bits per heavy atom. The number of amides is 2. The number of anilines is 2. The van der Waals surface area contributed by atoms with Crippen molar-refractivity contribution in [2.75, 3.05) is 16.8 Å². The number of carbonyl (C=O) groups is 2. The molecule has 0 spiro atoms. The number of halogens is 2. The number of carbonyl (C=O) groups excluding carboxylic acids is 2. The Hall–Kier alpha value is -2.04. The van der Waals surface area contributed by atoms with Crippen LogP contribution in [0, 0.1) is 0 Å². The second-order valence-corrected chi connectivity index (χ2v) is 6.81. The molecule has 0 unspecified atom stereocenters. The van der Waals surface area contributed by atoms with Gasteiger partial charge < -0.3 is 10.2 Å². The maximum atomic E-state index is 12.4. The molecule has 0 saturated carbocycles. The van der Waals surface area contributed by atoms with Crippen molar-refractivity contribution in [2.24, 2.45) is 0 Å². The van der Waals surface area contributed by atoms with Gasteiger partial charge in [-0.1, -0.05) is 30.1 Å². The van der Waals surface area contributed by atoms with Gasteiger partial charge in [-0.2, -0.15) is 0 Å². The van der Waals surface area contributed by atoms with Crippen LogP contribution in [0.3, 0.4) is 0 Å². The van der Waals surface area contributed by atoms with Crippen LogP contribution in [0.15, 0.2) is 36.4 Å². The molecule has 0 radical (unpaired) electrons. The lowest BCUT2D eigenvalue weighted by Crippen LogP contribution is -2.35. The van der Waals surface area contributed by atoms with Crippen molar-refractivity contribution in [1.29, 1.82) is 0 Å². The summed E-state index contributed by atoms with van der Waals surface area (Å²) in [7, 11) is 0. The first-order chi connectivity index (χ1) is 12.0. The zero-order valence-electron chi connectivity index (χ0n) is 13.8. The van der Waals surface area contributed by atoms with Gasteiger partial charge >= 0.3 is 0 Å². The molecule has 6 heteroatoms. The van der Waals surface area contributed by atoms with Crippen LogP contribution in [0.5, 0.6) is 0 Å². The van der Waals surface area contributed by atoms with Crippen LogP contribution in [0.2, 0.25) is 10.0 Å². The van der Waals surface area contributed by atoms with Crippen molar-refractivity contribution < 1.29 is 9.59 Å². The van der Waals surface area contributed by atoms with E-state index >= 15 is 0 Å². The number of benzene rings is 2. The Balaban J connectivity index is 1.83. The van der Waals surface area contributed by atoms with Crippen molar-refractivity contribution in [1.82, 2.24) is 0 Å². The number of hydrogen-bond donors (Lipinski definition) is 1. The third-order valence-corrected chi connectivity index (χ3v) is 4.71. The average Bonchev–Trinajstić information content (AvgIpc) is 2.57. The number of aryl methyl sites for hydroxylation is 1. The van der Waals surface area contributed by atoms with Gasteiger partial charge in [0.05, 0.1) is 10.6 Å². The highest BCUT2D eigenvalue weighted by molar-refractivity contribution is 6.37. The van der Waals surface area contributed by atoms with E-state index in [1.807, 2.05) is 30.0 Å². The summed E-state index contributed by atoms with van der Waals surface area (Å²) in [4.78, 5) is 26.3. The minimum absolute atomic E-state index is 0.152. The SMILES string of the molecule is CCCN1C(=O)CCc2cc(NC(=O)c3ccc(Cl)cc3Cl)ccc21. The second-order valence-electron chi connectivity index (χ2n) is 5.97. The summed E-state index contributed by atoms with van der Waals surface area (Å²) in [6.45, 7) is 2.75. The molecule has 0 aliphatic carbocycles. The highest BCUT2D eigenvalue weighted by Gasteiger charge is 2.23. The van der Waals surface area contributed by atoms with Crippen LogP contribution in [0.4, 0.5) is 11.4 Å². The molecule has 0 saturated heterocycles. The highest BCUT2D eigenvalue weighted by Crippen LogP contribution is 2.31. The molecule has 130 valence electrons. The summed E-state index contributed by atoms with van der Waals surface area (Å²) < 4.78 is 0. The van der Waals surface area contributed by atoms with Gasteiger partial charge in [0.1, 0.15) is 0 Å². The molecule has 0 aromatic heterocycles. The maximum Gasteiger partial charge on any atom is 0.257 e. The first kappa shape index (κ1) is 17.8. The summed E-state index contributed by atoms with van der Waals surface area (Å²) in [5.74, 6) is -0.141. The Morgan fingerprint density at radius 1 is 1.16 bits per heavy atom. The quantitative estimate of drug-likeness (QED) is 0.821. The summed E-state index contributed by atoms with van der Waals surface area (Å²) in [5, 5.41) is 3.65. The predicted octanol–water partition coefficient (Wildman–Crippen LogP) is 4.93. The van der Waals surface area contributed by atoms with Gasteiger partial charge in [0.2, 0.25) is 5.91 Å². The molecule has 1 aliphatic rings. The van der Waals surface area contributed by atoms with Crippen molar-refractivity contribution in [3.63, 3.8) is 0 Å². The fourth-order valence-electron chi connectivity index (χ4n) is 2.98. The van der Waals surface area contributed by atoms with Gasteiger partial charge in [0, 0.05) is 29.4 Å². The lowest BCUT2D eigenvalue weighted by molar-refractivity contribution is -0.118. The molecule has 2 aromatic rings. The molecule has 0 bridgehead atoms. The Labute approximate surface area is 156 Å². The standard InChI is InChI=1S/C19H18Cl2N2O2/c1-2-9-23-17-7-5-14(10-12(17)3-8-18(23)24)22-19(25)15-6-4-13(20)11-16(15)21/h4-7,10-11H,2-3,8-9H2,1H3,(H,22,25). The van der Waals surface area contributed by atoms with Crippen molar-refractivity contribution in [3.05, 3.63) is 57.6 Å². The van der Waals surface area contributed by atoms with E-state index in [9.17, 15) is 9.59 Å². The number of nitrogens with zero attached hydrogens (tertiary/aromatic N) is 1. The number of hydrogen-bond acceptors (Lipinski definition) is 2. The van der Waals surface area contributed by atoms with Gasteiger partial charge in [-0.25, -0.2) is 0 Å². The molecule has 3 rings (SSSR count). The third kappa shape index (κ3) is 3.80. The van der Waals surface area contributed by atoms with Crippen LogP contribution in [0.1, 0.15) is 35.7 Å². The molecule has 1 heterocycles. The van der Waals surface area contributed by atoms with E-state index in [1.165, 1.54) is 0 Å². The van der Waals surface area contributed by atoms with E-state index in [0.717, 1.165) is 17.7 Å². The van der Waals surface area contributed by atoms with E-state index in [2.05, 4.69) is 5.32 Å². The Bertz CT molecular complexity index is 836. The monoisotopic (exact) mass is 376 g/mol. The van der Waals surface area contributed by atoms with Gasteiger partial charge in [-0.15, -0.1) is 0 Å². The lowest BCUT2D eigenvalue weighted by atomic mass is 10.00. The molecule has 1 aliphatic heterocycles. The van der Waals surface area contributed by atoms with Crippen LogP contribution in [0.25, 0.3) is 0 Å². The van der Waals surface area contributed by atoms with Crippen molar-refractivity contribution in [3.8, 4) is 0 Å². The number of rotatable bonds is 4. The van der Waals surface area contributed by atoms with Gasteiger partial charge in [-0.05, 0) is 54.8 Å². The van der Waals surface area contributed by atoms with E-state index in [1.54, 1.807) is 18.2 Å². The number of nitrogens with one attached hydrogen (secondary N) is 1. The first-order valence-electron chi connectivity index (χ1n) is 8.19. The average molecular weight is 377 g/mol. The zero-order chi connectivity index (χ0) is 18.0. The lowest BCUT2D eigenvalue weighted by Gasteiger charge is -2.29. The molecular formula is C19H18Cl2N2O2. The van der Waals surface area contributed by atoms with Crippen LogP contribution in [-0.4, -0.2) is 18.4 Å². The minimum Gasteiger partial charge on any atom is -0.322 e. The minimum atomic E-state index is -0.293. The van der Waals surface area contributed by atoms with E-state index in [4.69, 9.17) is 23.2 Å². The fraction of sp³-hybridized carbons (Fsp3) is 0.263. The van der Waals surface area contributed by atoms with Crippen molar-refractivity contribution >= 4 is 46.4 Å². The topological polar surface area (TPSA) is 49.4 Å². The summed E-state index contributed by atoms with van der Waals surface area (Å²) in [5.41, 5.74) is 3.04. The first-order valence-corrected chi connectivity index (χ1v) is 8.95. The molecule has 2 amide bonds. The van der Waals surface area contributed by atoms with Crippen LogP contribution in [-0.2, 0) is 11.2 Å². The normalized spacial score (nSPS) is 13.6. The largest absolute Gasteiger partial charge is 0.322 e. The second kappa shape index (κ2) is 7.46. The summed E-state index contributed by atoms with van der Waals surface area (Å²) in [6, 6.07) is 10.4. The Kier molecular flexibility index (Phi) is 5.30. The van der Waals surface area contributed by atoms with Crippen LogP contribution < -0.4 is 10.2 Å². The molecule has 1 N–H and O–H groups in total. The predicted molar refractivity (Wildman–Crippen MR) is 102 cm³/mol. The smallest absolute Gasteiger partial charge is 0.257 e.